The van der Waals surface area contributed by atoms with E-state index in [1.54, 1.807) is 76.4 Å². The van der Waals surface area contributed by atoms with Gasteiger partial charge in [0.25, 0.3) is 11.8 Å². The van der Waals surface area contributed by atoms with Crippen LogP contribution in [0.25, 0.3) is 0 Å². The van der Waals surface area contributed by atoms with Gasteiger partial charge in [0.2, 0.25) is 5.89 Å². The number of aryl methyl sites for hydroxylation is 1. The predicted octanol–water partition coefficient (Wildman–Crippen LogP) is 3.07. The van der Waals surface area contributed by atoms with Gasteiger partial charge >= 0.3 is 0 Å². The van der Waals surface area contributed by atoms with Crippen molar-refractivity contribution in [1.29, 1.82) is 0 Å². The quantitative estimate of drug-likeness (QED) is 0.571. The lowest BCUT2D eigenvalue weighted by Crippen LogP contribution is -2.41. The maximum Gasteiger partial charge on any atom is 0.262 e. The number of anilines is 1. The summed E-state index contributed by atoms with van der Waals surface area (Å²) in [5, 5.41) is 9.46. The third-order valence-corrected chi connectivity index (χ3v) is 4.35. The van der Waals surface area contributed by atoms with E-state index in [4.69, 9.17) is 14.0 Å². The van der Waals surface area contributed by atoms with Crippen LogP contribution >= 0.6 is 0 Å². The number of ether oxygens (including phenoxy) is 2. The molecule has 9 heteroatoms. The highest BCUT2D eigenvalue weighted by atomic mass is 16.5. The van der Waals surface area contributed by atoms with Crippen LogP contribution in [-0.4, -0.2) is 35.7 Å². The number of carbonyl (C=O) groups excluding carboxylic acids is 2. The van der Waals surface area contributed by atoms with Gasteiger partial charge in [-0.1, -0.05) is 11.2 Å². The highest BCUT2D eigenvalue weighted by molar-refractivity contribution is 5.95. The van der Waals surface area contributed by atoms with Gasteiger partial charge in [0, 0.05) is 24.2 Å². The molecule has 162 valence electrons. The molecule has 9 nitrogen and oxygen atoms in total. The van der Waals surface area contributed by atoms with Crippen molar-refractivity contribution >= 4 is 17.5 Å². The Hall–Kier alpha value is -3.88. The first-order valence-corrected chi connectivity index (χ1v) is 9.57. The Labute approximate surface area is 179 Å². The summed E-state index contributed by atoms with van der Waals surface area (Å²) in [5.74, 6) is 1.31. The monoisotopic (exact) mass is 424 g/mol. The van der Waals surface area contributed by atoms with E-state index in [0.717, 1.165) is 0 Å². The second-order valence-corrected chi connectivity index (χ2v) is 7.31. The van der Waals surface area contributed by atoms with Crippen LogP contribution in [0.3, 0.4) is 0 Å². The Morgan fingerprint density at radius 3 is 2.48 bits per heavy atom. The van der Waals surface area contributed by atoms with Crippen LogP contribution < -0.4 is 20.1 Å². The van der Waals surface area contributed by atoms with Crippen molar-refractivity contribution in [2.75, 3.05) is 19.0 Å². The number of carbonyl (C=O) groups is 2. The molecule has 0 unspecified atom stereocenters. The Morgan fingerprint density at radius 2 is 1.84 bits per heavy atom. The lowest BCUT2D eigenvalue weighted by Gasteiger charge is -2.22. The summed E-state index contributed by atoms with van der Waals surface area (Å²) in [6, 6.07) is 13.5. The second kappa shape index (κ2) is 9.29. The fourth-order valence-corrected chi connectivity index (χ4v) is 2.71. The molecule has 0 radical (unpaired) electrons. The largest absolute Gasteiger partial charge is 0.497 e. The molecule has 0 spiro atoms. The number of hydrogen-bond acceptors (Lipinski definition) is 7. The fourth-order valence-electron chi connectivity index (χ4n) is 2.71. The molecule has 0 aliphatic heterocycles. The molecule has 3 rings (SSSR count). The first-order chi connectivity index (χ1) is 14.8. The minimum absolute atomic E-state index is 0.174. The zero-order valence-electron chi connectivity index (χ0n) is 17.8. The topological polar surface area (TPSA) is 116 Å². The highest BCUT2D eigenvalue weighted by Gasteiger charge is 2.28. The van der Waals surface area contributed by atoms with Crippen LogP contribution in [0, 0.1) is 6.92 Å². The number of amides is 2. The van der Waals surface area contributed by atoms with E-state index in [1.165, 1.54) is 0 Å². The van der Waals surface area contributed by atoms with Crippen LogP contribution in [0.5, 0.6) is 11.5 Å². The van der Waals surface area contributed by atoms with Gasteiger partial charge in [-0.3, -0.25) is 9.59 Å². The Bertz CT molecular complexity index is 1060. The molecule has 0 aliphatic rings. The minimum Gasteiger partial charge on any atom is -0.497 e. The van der Waals surface area contributed by atoms with Crippen LogP contribution in [0.15, 0.2) is 53.1 Å². The van der Waals surface area contributed by atoms with E-state index in [2.05, 4.69) is 20.8 Å². The molecular weight excluding hydrogens is 400 g/mol. The molecule has 0 aliphatic carbocycles. The van der Waals surface area contributed by atoms with E-state index >= 15 is 0 Å². The lowest BCUT2D eigenvalue weighted by atomic mass is 10.0. The number of benzene rings is 2. The number of hydrogen-bond donors (Lipinski definition) is 2. The van der Waals surface area contributed by atoms with Gasteiger partial charge in [-0.05, 0) is 50.2 Å². The summed E-state index contributed by atoms with van der Waals surface area (Å²) in [4.78, 5) is 28.8. The zero-order chi connectivity index (χ0) is 22.4. The number of rotatable bonds is 8. The lowest BCUT2D eigenvalue weighted by molar-refractivity contribution is -0.118. The maximum absolute atomic E-state index is 12.6. The van der Waals surface area contributed by atoms with E-state index in [1.807, 2.05) is 0 Å². The highest BCUT2D eigenvalue weighted by Crippen LogP contribution is 2.19. The van der Waals surface area contributed by atoms with Crippen molar-refractivity contribution < 1.29 is 23.6 Å². The van der Waals surface area contributed by atoms with Crippen molar-refractivity contribution in [2.45, 2.75) is 26.3 Å². The molecule has 0 fully saturated rings. The van der Waals surface area contributed by atoms with Crippen LogP contribution in [0.2, 0.25) is 0 Å². The van der Waals surface area contributed by atoms with Crippen molar-refractivity contribution in [3.8, 4) is 11.5 Å². The van der Waals surface area contributed by atoms with Gasteiger partial charge in [-0.15, -0.1) is 0 Å². The Kier molecular flexibility index (Phi) is 6.54. The predicted molar refractivity (Wildman–Crippen MR) is 113 cm³/mol. The van der Waals surface area contributed by atoms with Crippen molar-refractivity contribution in [3.05, 3.63) is 65.8 Å². The summed E-state index contributed by atoms with van der Waals surface area (Å²) in [6.07, 6.45) is 0. The van der Waals surface area contributed by atoms with E-state index in [9.17, 15) is 9.59 Å². The molecular formula is C22H24N4O5. The summed E-state index contributed by atoms with van der Waals surface area (Å²) >= 11 is 0. The van der Waals surface area contributed by atoms with E-state index in [0.29, 0.717) is 34.5 Å². The second-order valence-electron chi connectivity index (χ2n) is 7.31. The minimum atomic E-state index is -0.803. The Morgan fingerprint density at radius 1 is 1.10 bits per heavy atom. The van der Waals surface area contributed by atoms with Gasteiger partial charge in [0.05, 0.1) is 12.6 Å². The molecule has 0 bridgehead atoms. The van der Waals surface area contributed by atoms with E-state index in [-0.39, 0.29) is 18.4 Å². The van der Waals surface area contributed by atoms with Gasteiger partial charge in [-0.2, -0.15) is 4.98 Å². The van der Waals surface area contributed by atoms with Gasteiger partial charge in [0.15, 0.2) is 12.4 Å². The molecule has 0 saturated carbocycles. The number of nitrogens with zero attached hydrogens (tertiary/aromatic N) is 2. The van der Waals surface area contributed by atoms with Crippen molar-refractivity contribution in [2.24, 2.45) is 0 Å². The van der Waals surface area contributed by atoms with E-state index < -0.39 is 5.54 Å². The van der Waals surface area contributed by atoms with Gasteiger partial charge in [0.1, 0.15) is 11.5 Å². The maximum atomic E-state index is 12.6. The number of aromatic nitrogens is 2. The number of nitrogens with one attached hydrogen (secondary N) is 2. The van der Waals surface area contributed by atoms with Gasteiger partial charge < -0.3 is 24.6 Å². The summed E-state index contributed by atoms with van der Waals surface area (Å²) in [5.41, 5.74) is 0.239. The molecule has 2 N–H and O–H groups in total. The molecule has 2 aromatic carbocycles. The average Bonchev–Trinajstić information content (AvgIpc) is 3.20. The summed E-state index contributed by atoms with van der Waals surface area (Å²) in [7, 11) is 1.56. The van der Waals surface area contributed by atoms with Crippen LogP contribution in [0.1, 0.15) is 35.9 Å². The standard InChI is InChI=1S/C22H24N4O5/c1-14-23-21(26-31-14)22(2,3)25-20(28)15-8-10-17(11-9-15)30-13-19(27)24-16-6-5-7-18(12-16)29-4/h5-12H,13H2,1-4H3,(H,24,27)(H,25,28). The molecule has 1 aromatic heterocycles. The summed E-state index contributed by atoms with van der Waals surface area (Å²) < 4.78 is 15.6. The van der Waals surface area contributed by atoms with Crippen molar-refractivity contribution in [3.63, 3.8) is 0 Å². The first-order valence-electron chi connectivity index (χ1n) is 9.57. The molecule has 2 amide bonds. The summed E-state index contributed by atoms with van der Waals surface area (Å²) in [6.45, 7) is 5.08. The molecule has 31 heavy (non-hydrogen) atoms. The zero-order valence-corrected chi connectivity index (χ0v) is 17.8. The Balaban J connectivity index is 1.53. The molecule has 3 aromatic rings. The smallest absolute Gasteiger partial charge is 0.262 e. The number of methoxy groups -OCH3 is 1. The third-order valence-electron chi connectivity index (χ3n) is 4.35. The van der Waals surface area contributed by atoms with Crippen LogP contribution in [0.4, 0.5) is 5.69 Å². The molecule has 0 atom stereocenters. The molecule has 1 heterocycles. The normalized spacial score (nSPS) is 11.0. The van der Waals surface area contributed by atoms with Gasteiger partial charge in [-0.25, -0.2) is 0 Å². The SMILES string of the molecule is COc1cccc(NC(=O)COc2ccc(C(=O)NC(C)(C)c3noc(C)n3)cc2)c1. The van der Waals surface area contributed by atoms with Crippen LogP contribution in [-0.2, 0) is 10.3 Å². The average molecular weight is 424 g/mol. The third kappa shape index (κ3) is 5.81. The van der Waals surface area contributed by atoms with Crippen molar-refractivity contribution in [1.82, 2.24) is 15.5 Å². The molecule has 0 saturated heterocycles. The first kappa shape index (κ1) is 21.8. The fraction of sp³-hybridized carbons (Fsp3) is 0.273.